The van der Waals surface area contributed by atoms with Crippen LogP contribution in [0.1, 0.15) is 29.2 Å². The first-order chi connectivity index (χ1) is 13.4. The zero-order valence-electron chi connectivity index (χ0n) is 16.1. The second kappa shape index (κ2) is 8.17. The summed E-state index contributed by atoms with van der Waals surface area (Å²) >= 11 is 0. The minimum atomic E-state index is -0.575. The molecule has 0 aliphatic heterocycles. The van der Waals surface area contributed by atoms with Gasteiger partial charge in [-0.3, -0.25) is 0 Å². The van der Waals surface area contributed by atoms with Gasteiger partial charge in [0.25, 0.3) is 0 Å². The molecule has 0 spiro atoms. The van der Waals surface area contributed by atoms with E-state index in [0.29, 0.717) is 28.7 Å². The Labute approximate surface area is 162 Å². The highest BCUT2D eigenvalue weighted by atomic mass is 16.6. The van der Waals surface area contributed by atoms with Gasteiger partial charge in [-0.1, -0.05) is 19.1 Å². The van der Waals surface area contributed by atoms with Gasteiger partial charge >= 0.3 is 11.6 Å². The van der Waals surface area contributed by atoms with E-state index < -0.39 is 11.6 Å². The van der Waals surface area contributed by atoms with Crippen molar-refractivity contribution in [2.45, 2.75) is 33.8 Å². The molecule has 2 aromatic carbocycles. The Bertz CT molecular complexity index is 1080. The summed E-state index contributed by atoms with van der Waals surface area (Å²) in [7, 11) is 0. The standard InChI is InChI=1S/C22H22O6/c1-4-15-8-17-16(9-21(24)28-20(17)10-18(15)23)11-27-22(25)12-26-19-7-5-6-13(2)14(19)3/h5-10,23H,4,11-12H2,1-3H3. The molecule has 1 heterocycles. The second-order valence-electron chi connectivity index (χ2n) is 6.57. The molecule has 6 nitrogen and oxygen atoms in total. The minimum Gasteiger partial charge on any atom is -0.508 e. The fourth-order valence-corrected chi connectivity index (χ4v) is 2.93. The molecule has 0 aliphatic carbocycles. The Kier molecular flexibility index (Phi) is 5.68. The van der Waals surface area contributed by atoms with Gasteiger partial charge in [-0.2, -0.15) is 0 Å². The van der Waals surface area contributed by atoms with Crippen molar-refractivity contribution in [2.75, 3.05) is 6.61 Å². The number of fused-ring (bicyclic) bond motifs is 1. The SMILES string of the molecule is CCc1cc2c(COC(=O)COc3cccc(C)c3C)cc(=O)oc2cc1O. The first-order valence-corrected chi connectivity index (χ1v) is 9.02. The van der Waals surface area contributed by atoms with Crippen LogP contribution < -0.4 is 10.4 Å². The molecule has 3 aromatic rings. The number of carbonyl (C=O) groups excluding carboxylic acids is 1. The third kappa shape index (κ3) is 4.17. The van der Waals surface area contributed by atoms with Crippen molar-refractivity contribution in [1.29, 1.82) is 0 Å². The van der Waals surface area contributed by atoms with Gasteiger partial charge in [0.15, 0.2) is 6.61 Å². The zero-order chi connectivity index (χ0) is 20.3. The van der Waals surface area contributed by atoms with Crippen LogP contribution in [0.15, 0.2) is 45.6 Å². The number of benzene rings is 2. The number of hydrogen-bond donors (Lipinski definition) is 1. The molecular formula is C22H22O6. The molecule has 0 radical (unpaired) electrons. The molecule has 0 bridgehead atoms. The monoisotopic (exact) mass is 382 g/mol. The molecule has 1 aromatic heterocycles. The predicted molar refractivity (Wildman–Crippen MR) is 105 cm³/mol. The van der Waals surface area contributed by atoms with Crippen LogP contribution in [-0.2, 0) is 22.6 Å². The number of phenols is 1. The number of aryl methyl sites for hydroxylation is 2. The smallest absolute Gasteiger partial charge is 0.344 e. The molecule has 0 unspecified atom stereocenters. The van der Waals surface area contributed by atoms with Gasteiger partial charge in [0.1, 0.15) is 23.7 Å². The van der Waals surface area contributed by atoms with Crippen molar-refractivity contribution in [2.24, 2.45) is 0 Å². The topological polar surface area (TPSA) is 86.0 Å². The largest absolute Gasteiger partial charge is 0.508 e. The molecule has 28 heavy (non-hydrogen) atoms. The lowest BCUT2D eigenvalue weighted by Crippen LogP contribution is -2.16. The third-order valence-electron chi connectivity index (χ3n) is 4.70. The van der Waals surface area contributed by atoms with E-state index in [1.54, 1.807) is 12.1 Å². The highest BCUT2D eigenvalue weighted by molar-refractivity contribution is 5.83. The van der Waals surface area contributed by atoms with Gasteiger partial charge in [-0.25, -0.2) is 9.59 Å². The highest BCUT2D eigenvalue weighted by Crippen LogP contribution is 2.27. The van der Waals surface area contributed by atoms with Gasteiger partial charge in [0.05, 0.1) is 0 Å². The predicted octanol–water partition coefficient (Wildman–Crippen LogP) is 3.80. The van der Waals surface area contributed by atoms with Gasteiger partial charge < -0.3 is 19.0 Å². The average Bonchev–Trinajstić information content (AvgIpc) is 2.66. The Hall–Kier alpha value is -3.28. The first-order valence-electron chi connectivity index (χ1n) is 9.02. The number of rotatable bonds is 6. The van der Waals surface area contributed by atoms with Crippen LogP contribution in [0, 0.1) is 13.8 Å². The van der Waals surface area contributed by atoms with Crippen LogP contribution in [0.5, 0.6) is 11.5 Å². The van der Waals surface area contributed by atoms with Crippen molar-refractivity contribution < 1.29 is 23.8 Å². The molecule has 0 fully saturated rings. The van der Waals surface area contributed by atoms with Gasteiger partial charge in [0, 0.05) is 23.1 Å². The third-order valence-corrected chi connectivity index (χ3v) is 4.70. The molecule has 3 rings (SSSR count). The Morgan fingerprint density at radius 2 is 1.93 bits per heavy atom. The highest BCUT2D eigenvalue weighted by Gasteiger charge is 2.13. The summed E-state index contributed by atoms with van der Waals surface area (Å²) in [6.07, 6.45) is 0.615. The van der Waals surface area contributed by atoms with Crippen LogP contribution in [0.3, 0.4) is 0 Å². The number of carbonyl (C=O) groups is 1. The number of ether oxygens (including phenoxy) is 2. The fraction of sp³-hybridized carbons (Fsp3) is 0.273. The molecule has 146 valence electrons. The van der Waals surface area contributed by atoms with Gasteiger partial charge in [-0.05, 0) is 49.1 Å². The van der Waals surface area contributed by atoms with Gasteiger partial charge in [-0.15, -0.1) is 0 Å². The molecule has 1 N–H and O–H groups in total. The summed E-state index contributed by atoms with van der Waals surface area (Å²) in [5, 5.41) is 10.6. The van der Waals surface area contributed by atoms with E-state index in [-0.39, 0.29) is 24.5 Å². The maximum Gasteiger partial charge on any atom is 0.344 e. The van der Waals surface area contributed by atoms with Crippen molar-refractivity contribution in [3.05, 3.63) is 69.1 Å². The van der Waals surface area contributed by atoms with Crippen LogP contribution >= 0.6 is 0 Å². The second-order valence-corrected chi connectivity index (χ2v) is 6.57. The number of aromatic hydroxyl groups is 1. The van der Waals surface area contributed by atoms with E-state index in [1.165, 1.54) is 12.1 Å². The van der Waals surface area contributed by atoms with Crippen molar-refractivity contribution in [3.63, 3.8) is 0 Å². The van der Waals surface area contributed by atoms with Crippen LogP contribution in [0.25, 0.3) is 11.0 Å². The molecular weight excluding hydrogens is 360 g/mol. The van der Waals surface area contributed by atoms with E-state index in [9.17, 15) is 14.7 Å². The molecule has 0 aliphatic rings. The lowest BCUT2D eigenvalue weighted by molar-refractivity contribution is -0.147. The van der Waals surface area contributed by atoms with Gasteiger partial charge in [0.2, 0.25) is 0 Å². The van der Waals surface area contributed by atoms with Crippen LogP contribution in [0.2, 0.25) is 0 Å². The average molecular weight is 382 g/mol. The Morgan fingerprint density at radius 3 is 2.68 bits per heavy atom. The molecule has 0 saturated carbocycles. The summed E-state index contributed by atoms with van der Waals surface area (Å²) in [4.78, 5) is 23.9. The fourth-order valence-electron chi connectivity index (χ4n) is 2.93. The van der Waals surface area contributed by atoms with Crippen molar-refractivity contribution in [3.8, 4) is 11.5 Å². The van der Waals surface area contributed by atoms with Crippen LogP contribution in [0.4, 0.5) is 0 Å². The van der Waals surface area contributed by atoms with E-state index >= 15 is 0 Å². The molecule has 0 amide bonds. The normalized spacial score (nSPS) is 10.8. The Balaban J connectivity index is 1.73. The number of hydrogen-bond acceptors (Lipinski definition) is 6. The Morgan fingerprint density at radius 1 is 1.14 bits per heavy atom. The summed E-state index contributed by atoms with van der Waals surface area (Å²) in [5.74, 6) is 0.150. The maximum absolute atomic E-state index is 12.1. The molecule has 6 heteroatoms. The van der Waals surface area contributed by atoms with Crippen molar-refractivity contribution >= 4 is 16.9 Å². The molecule has 0 saturated heterocycles. The van der Waals surface area contributed by atoms with E-state index in [1.807, 2.05) is 32.9 Å². The summed E-state index contributed by atoms with van der Waals surface area (Å²) in [6, 6.07) is 10.1. The summed E-state index contributed by atoms with van der Waals surface area (Å²) in [5.41, 5.74) is 2.94. The summed E-state index contributed by atoms with van der Waals surface area (Å²) in [6.45, 7) is 5.47. The van der Waals surface area contributed by atoms with E-state index in [0.717, 1.165) is 11.1 Å². The zero-order valence-corrected chi connectivity index (χ0v) is 16.1. The van der Waals surface area contributed by atoms with E-state index in [2.05, 4.69) is 0 Å². The lowest BCUT2D eigenvalue weighted by atomic mass is 10.0. The van der Waals surface area contributed by atoms with Crippen LogP contribution in [-0.4, -0.2) is 17.7 Å². The number of phenolic OH excluding ortho intramolecular Hbond substituents is 1. The van der Waals surface area contributed by atoms with E-state index in [4.69, 9.17) is 13.9 Å². The summed E-state index contributed by atoms with van der Waals surface area (Å²) < 4.78 is 16.0. The minimum absolute atomic E-state index is 0.0641. The molecule has 0 atom stereocenters. The first kappa shape index (κ1) is 19.5. The quantitative estimate of drug-likeness (QED) is 0.515. The lowest BCUT2D eigenvalue weighted by Gasteiger charge is -2.11. The maximum atomic E-state index is 12.1. The van der Waals surface area contributed by atoms with Crippen molar-refractivity contribution in [1.82, 2.24) is 0 Å². The number of esters is 1.